The van der Waals surface area contributed by atoms with Crippen molar-refractivity contribution in [1.82, 2.24) is 4.98 Å². The third-order valence-corrected chi connectivity index (χ3v) is 1.84. The topological polar surface area (TPSA) is 104 Å². The summed E-state index contributed by atoms with van der Waals surface area (Å²) in [4.78, 5) is 14.7. The van der Waals surface area contributed by atoms with E-state index >= 15 is 0 Å². The van der Waals surface area contributed by atoms with Gasteiger partial charge in [0, 0.05) is 19.4 Å². The smallest absolute Gasteiger partial charge is 0.271 e. The van der Waals surface area contributed by atoms with Crippen molar-refractivity contribution in [2.75, 3.05) is 27.1 Å². The summed E-state index contributed by atoms with van der Waals surface area (Å²) in [5.74, 6) is -1.09. The van der Waals surface area contributed by atoms with E-state index < -0.39 is 5.91 Å². The van der Waals surface area contributed by atoms with Gasteiger partial charge >= 0.3 is 0 Å². The Kier molecular flexibility index (Phi) is 5.18. The molecule has 1 aromatic rings. The van der Waals surface area contributed by atoms with Crippen molar-refractivity contribution in [3.8, 4) is 11.5 Å². The number of nitrogens with two attached hydrogens (primary N) is 1. The van der Waals surface area contributed by atoms with E-state index in [-0.39, 0.29) is 24.0 Å². The summed E-state index contributed by atoms with van der Waals surface area (Å²) in [5, 5.41) is 9.49. The fourth-order valence-corrected chi connectivity index (χ4v) is 1.06. The van der Waals surface area contributed by atoms with Gasteiger partial charge in [-0.25, -0.2) is 4.98 Å². The van der Waals surface area contributed by atoms with Crippen LogP contribution >= 0.6 is 0 Å². The largest absolute Gasteiger partial charge is 0.504 e. The maximum atomic E-state index is 11.0. The lowest BCUT2D eigenvalue weighted by molar-refractivity contribution is -0.00992. The lowest BCUT2D eigenvalue weighted by Crippen LogP contribution is -2.16. The Hall–Kier alpha value is -1.86. The van der Waals surface area contributed by atoms with Gasteiger partial charge in [0.2, 0.25) is 0 Å². The zero-order chi connectivity index (χ0) is 12.7. The fourth-order valence-electron chi connectivity index (χ4n) is 1.06. The second-order valence-corrected chi connectivity index (χ2v) is 3.04. The van der Waals surface area contributed by atoms with Gasteiger partial charge in [-0.1, -0.05) is 0 Å². The number of ether oxygens (including phenoxy) is 3. The van der Waals surface area contributed by atoms with E-state index in [1.807, 2.05) is 0 Å². The predicted molar refractivity (Wildman–Crippen MR) is 57.7 cm³/mol. The molecule has 0 radical (unpaired) electrons. The van der Waals surface area contributed by atoms with Crippen LogP contribution in [0.15, 0.2) is 12.3 Å². The monoisotopic (exact) mass is 242 g/mol. The lowest BCUT2D eigenvalue weighted by atomic mass is 10.3. The number of rotatable bonds is 7. The zero-order valence-electron chi connectivity index (χ0n) is 9.38. The van der Waals surface area contributed by atoms with Crippen LogP contribution in [0.1, 0.15) is 10.5 Å². The number of nitrogens with zero attached hydrogens (tertiary/aromatic N) is 1. The zero-order valence-corrected chi connectivity index (χ0v) is 9.38. The molecule has 0 saturated heterocycles. The average Bonchev–Trinajstić information content (AvgIpc) is 2.30. The molecular weight excluding hydrogens is 228 g/mol. The van der Waals surface area contributed by atoms with Crippen molar-refractivity contribution in [1.29, 1.82) is 0 Å². The third kappa shape index (κ3) is 3.89. The van der Waals surface area contributed by atoms with Crippen LogP contribution < -0.4 is 10.5 Å². The average molecular weight is 242 g/mol. The first-order chi connectivity index (χ1) is 8.16. The first-order valence-electron chi connectivity index (χ1n) is 4.84. The lowest BCUT2D eigenvalue weighted by Gasteiger charge is -2.10. The summed E-state index contributed by atoms with van der Waals surface area (Å²) >= 11 is 0. The van der Waals surface area contributed by atoms with E-state index in [2.05, 4.69) is 4.98 Å². The van der Waals surface area contributed by atoms with Gasteiger partial charge in [-0.05, 0) is 0 Å². The highest BCUT2D eigenvalue weighted by Gasteiger charge is 2.15. The van der Waals surface area contributed by atoms with Gasteiger partial charge in [0.05, 0.1) is 13.2 Å². The second-order valence-electron chi connectivity index (χ2n) is 3.04. The molecule has 0 spiro atoms. The van der Waals surface area contributed by atoms with Crippen LogP contribution in [-0.4, -0.2) is 43.1 Å². The maximum Gasteiger partial charge on any atom is 0.271 e. The maximum absolute atomic E-state index is 11.0. The Morgan fingerprint density at radius 3 is 2.94 bits per heavy atom. The molecule has 0 aliphatic heterocycles. The molecule has 0 fully saturated rings. The predicted octanol–water partition coefficient (Wildman–Crippen LogP) is -0.115. The van der Waals surface area contributed by atoms with Crippen molar-refractivity contribution in [2.45, 2.75) is 0 Å². The van der Waals surface area contributed by atoms with Crippen LogP contribution in [0.2, 0.25) is 0 Å². The number of aromatic nitrogens is 1. The number of carbonyl (C=O) groups is 1. The number of primary amides is 1. The van der Waals surface area contributed by atoms with Crippen LogP contribution in [0.5, 0.6) is 11.5 Å². The van der Waals surface area contributed by atoms with E-state index in [1.54, 1.807) is 7.11 Å². The number of hydrogen-bond acceptors (Lipinski definition) is 6. The van der Waals surface area contributed by atoms with E-state index in [0.717, 1.165) is 0 Å². The molecule has 1 amide bonds. The van der Waals surface area contributed by atoms with Gasteiger partial charge in [-0.2, -0.15) is 0 Å². The van der Waals surface area contributed by atoms with Crippen LogP contribution in [0, 0.1) is 0 Å². The minimum atomic E-state index is -0.784. The molecule has 0 aromatic carbocycles. The molecule has 0 aliphatic rings. The molecule has 17 heavy (non-hydrogen) atoms. The summed E-state index contributed by atoms with van der Waals surface area (Å²) in [6.07, 6.45) is 1.26. The number of amides is 1. The van der Waals surface area contributed by atoms with E-state index in [0.29, 0.717) is 13.2 Å². The molecule has 7 nitrogen and oxygen atoms in total. The minimum Gasteiger partial charge on any atom is -0.504 e. The van der Waals surface area contributed by atoms with Crippen molar-refractivity contribution >= 4 is 5.91 Å². The minimum absolute atomic E-state index is 0.0857. The van der Waals surface area contributed by atoms with Crippen LogP contribution in [0.4, 0.5) is 0 Å². The standard InChI is InChI=1S/C10H14N2O5/c1-15-4-5-16-6-17-9-7(13)2-3-12-8(9)10(11)14/h2-3H,4-6H2,1H3,(H2,11,14)(H,12,13). The van der Waals surface area contributed by atoms with Gasteiger partial charge in [-0.3, -0.25) is 4.79 Å². The fraction of sp³-hybridized carbons (Fsp3) is 0.400. The SMILES string of the molecule is COCCOCOc1c(O)ccnc1C(N)=O. The van der Waals surface area contributed by atoms with Crippen LogP contribution in [-0.2, 0) is 9.47 Å². The molecule has 7 heteroatoms. The first-order valence-corrected chi connectivity index (χ1v) is 4.84. The Balaban J connectivity index is 2.60. The highest BCUT2D eigenvalue weighted by atomic mass is 16.7. The molecule has 3 N–H and O–H groups in total. The number of methoxy groups -OCH3 is 1. The number of pyridine rings is 1. The van der Waals surface area contributed by atoms with Crippen molar-refractivity contribution in [2.24, 2.45) is 5.73 Å². The van der Waals surface area contributed by atoms with E-state index in [4.69, 9.17) is 19.9 Å². The van der Waals surface area contributed by atoms with E-state index in [9.17, 15) is 9.90 Å². The molecule has 0 aliphatic carbocycles. The summed E-state index contributed by atoms with van der Waals surface area (Å²) < 4.78 is 14.9. The third-order valence-electron chi connectivity index (χ3n) is 1.84. The molecule has 1 rings (SSSR count). The van der Waals surface area contributed by atoms with Gasteiger partial charge in [0.25, 0.3) is 5.91 Å². The molecule has 0 saturated carbocycles. The normalized spacial score (nSPS) is 10.2. The van der Waals surface area contributed by atoms with Crippen molar-refractivity contribution < 1.29 is 24.1 Å². The van der Waals surface area contributed by atoms with E-state index in [1.165, 1.54) is 12.3 Å². The van der Waals surface area contributed by atoms with Crippen molar-refractivity contribution in [3.05, 3.63) is 18.0 Å². The Morgan fingerprint density at radius 1 is 1.53 bits per heavy atom. The number of hydrogen-bond donors (Lipinski definition) is 2. The number of aromatic hydroxyl groups is 1. The molecule has 94 valence electrons. The number of carbonyl (C=O) groups excluding carboxylic acids is 1. The molecule has 0 bridgehead atoms. The second kappa shape index (κ2) is 6.66. The molecule has 0 atom stereocenters. The highest BCUT2D eigenvalue weighted by molar-refractivity contribution is 5.94. The van der Waals surface area contributed by atoms with Crippen LogP contribution in [0.3, 0.4) is 0 Å². The quantitative estimate of drug-likeness (QED) is 0.510. The summed E-state index contributed by atoms with van der Waals surface area (Å²) in [7, 11) is 1.54. The van der Waals surface area contributed by atoms with Crippen molar-refractivity contribution in [3.63, 3.8) is 0 Å². The Morgan fingerprint density at radius 2 is 2.29 bits per heavy atom. The van der Waals surface area contributed by atoms with Gasteiger partial charge in [0.15, 0.2) is 24.0 Å². The Labute approximate surface area is 98.1 Å². The highest BCUT2D eigenvalue weighted by Crippen LogP contribution is 2.27. The molecule has 1 aromatic heterocycles. The molecule has 0 unspecified atom stereocenters. The molecular formula is C10H14N2O5. The molecule has 1 heterocycles. The van der Waals surface area contributed by atoms with Gasteiger partial charge in [-0.15, -0.1) is 0 Å². The summed E-state index contributed by atoms with van der Waals surface area (Å²) in [6, 6.07) is 1.29. The first kappa shape index (κ1) is 13.2. The van der Waals surface area contributed by atoms with Gasteiger partial charge in [0.1, 0.15) is 0 Å². The Bertz CT molecular complexity index is 383. The van der Waals surface area contributed by atoms with Crippen LogP contribution in [0.25, 0.3) is 0 Å². The summed E-state index contributed by atoms with van der Waals surface area (Å²) in [6.45, 7) is 0.622. The summed E-state index contributed by atoms with van der Waals surface area (Å²) in [5.41, 5.74) is 4.94. The van der Waals surface area contributed by atoms with Gasteiger partial charge < -0.3 is 25.1 Å².